The van der Waals surface area contributed by atoms with Crippen LogP contribution in [0.25, 0.3) is 0 Å². The van der Waals surface area contributed by atoms with Crippen LogP contribution in [0.1, 0.15) is 39.8 Å². The second-order valence-electron chi connectivity index (χ2n) is 4.47. The highest BCUT2D eigenvalue weighted by Gasteiger charge is 2.16. The van der Waals surface area contributed by atoms with E-state index in [9.17, 15) is 9.18 Å². The number of carbonyl (C=O) groups is 1. The Hall–Kier alpha value is -1.62. The van der Waals surface area contributed by atoms with Crippen molar-refractivity contribution >= 4 is 17.3 Å². The number of aryl methyl sites for hydroxylation is 2. The number of hydrogen-bond donors (Lipinski definition) is 0. The molecule has 0 fully saturated rings. The smallest absolute Gasteiger partial charge is 0.180 e. The number of aromatic nitrogens is 2. The first-order valence-corrected chi connectivity index (χ1v) is 6.98. The zero-order chi connectivity index (χ0) is 13.8. The van der Waals surface area contributed by atoms with E-state index in [1.807, 2.05) is 13.8 Å². The summed E-state index contributed by atoms with van der Waals surface area (Å²) in [5, 5.41) is 3.99. The molecule has 0 bridgehead atoms. The minimum atomic E-state index is -0.278. The standard InChI is InChI=1S/C14H15FN2OS/c1-3-4-12-14(19-17-16-12)13(18)8-10-5-6-11(15)7-9(10)2/h5-7H,3-4,8H2,1-2H3. The molecule has 5 heteroatoms. The summed E-state index contributed by atoms with van der Waals surface area (Å²) in [5.74, 6) is -0.270. The van der Waals surface area contributed by atoms with Crippen molar-refractivity contribution in [2.75, 3.05) is 0 Å². The molecule has 1 aromatic heterocycles. The summed E-state index contributed by atoms with van der Waals surface area (Å²) in [4.78, 5) is 12.9. The number of Topliss-reactive ketones (excluding diaryl/α,β-unsaturated/α-hetero) is 1. The Balaban J connectivity index is 2.18. The van der Waals surface area contributed by atoms with E-state index in [1.165, 1.54) is 12.1 Å². The Kier molecular flexibility index (Phi) is 4.37. The van der Waals surface area contributed by atoms with E-state index in [1.54, 1.807) is 6.07 Å². The van der Waals surface area contributed by atoms with Crippen LogP contribution in [0.2, 0.25) is 0 Å². The van der Waals surface area contributed by atoms with E-state index in [-0.39, 0.29) is 18.0 Å². The van der Waals surface area contributed by atoms with E-state index in [0.717, 1.165) is 41.2 Å². The molecule has 100 valence electrons. The van der Waals surface area contributed by atoms with Crippen LogP contribution in [0.3, 0.4) is 0 Å². The predicted octanol–water partition coefficient (Wildman–Crippen LogP) is 3.36. The third-order valence-electron chi connectivity index (χ3n) is 2.95. The van der Waals surface area contributed by atoms with E-state index >= 15 is 0 Å². The Labute approximate surface area is 115 Å². The molecule has 0 radical (unpaired) electrons. The van der Waals surface area contributed by atoms with Gasteiger partial charge in [0.1, 0.15) is 10.7 Å². The summed E-state index contributed by atoms with van der Waals surface area (Å²) in [5.41, 5.74) is 2.42. The molecule has 0 saturated heterocycles. The van der Waals surface area contributed by atoms with E-state index < -0.39 is 0 Å². The monoisotopic (exact) mass is 278 g/mol. The Morgan fingerprint density at radius 1 is 1.42 bits per heavy atom. The maximum atomic E-state index is 13.0. The number of carbonyl (C=O) groups excluding carboxylic acids is 1. The van der Waals surface area contributed by atoms with Crippen LogP contribution in [-0.2, 0) is 12.8 Å². The minimum absolute atomic E-state index is 0.00755. The fourth-order valence-electron chi connectivity index (χ4n) is 1.93. The Bertz CT molecular complexity index is 595. The highest BCUT2D eigenvalue weighted by atomic mass is 32.1. The van der Waals surface area contributed by atoms with Gasteiger partial charge in [0.15, 0.2) is 5.78 Å². The minimum Gasteiger partial charge on any atom is -0.293 e. The van der Waals surface area contributed by atoms with Gasteiger partial charge in [0, 0.05) is 6.42 Å². The van der Waals surface area contributed by atoms with Crippen LogP contribution in [0.5, 0.6) is 0 Å². The Morgan fingerprint density at radius 3 is 2.89 bits per heavy atom. The average Bonchev–Trinajstić information content (AvgIpc) is 2.81. The van der Waals surface area contributed by atoms with Gasteiger partial charge in [-0.2, -0.15) is 0 Å². The Morgan fingerprint density at radius 2 is 2.21 bits per heavy atom. The number of nitrogens with zero attached hydrogens (tertiary/aromatic N) is 2. The molecule has 0 aliphatic heterocycles. The normalized spacial score (nSPS) is 10.7. The average molecular weight is 278 g/mol. The van der Waals surface area contributed by atoms with Gasteiger partial charge >= 0.3 is 0 Å². The van der Waals surface area contributed by atoms with Gasteiger partial charge in [0.2, 0.25) is 0 Å². The topological polar surface area (TPSA) is 42.9 Å². The van der Waals surface area contributed by atoms with Crippen molar-refractivity contribution in [2.45, 2.75) is 33.1 Å². The lowest BCUT2D eigenvalue weighted by atomic mass is 10.0. The van der Waals surface area contributed by atoms with Gasteiger partial charge in [-0.15, -0.1) is 5.10 Å². The second kappa shape index (κ2) is 6.02. The summed E-state index contributed by atoms with van der Waals surface area (Å²) in [6, 6.07) is 4.49. The summed E-state index contributed by atoms with van der Waals surface area (Å²) >= 11 is 1.14. The summed E-state index contributed by atoms with van der Waals surface area (Å²) < 4.78 is 16.9. The molecule has 0 aliphatic carbocycles. The number of rotatable bonds is 5. The van der Waals surface area contributed by atoms with Crippen molar-refractivity contribution in [2.24, 2.45) is 0 Å². The number of halogens is 1. The molecular formula is C14H15FN2OS. The number of ketones is 1. The van der Waals surface area contributed by atoms with Gasteiger partial charge < -0.3 is 0 Å². The van der Waals surface area contributed by atoms with Crippen LogP contribution in [0.4, 0.5) is 4.39 Å². The predicted molar refractivity (Wildman–Crippen MR) is 73.1 cm³/mol. The first kappa shape index (κ1) is 13.8. The molecule has 0 N–H and O–H groups in total. The van der Waals surface area contributed by atoms with E-state index in [0.29, 0.717) is 4.88 Å². The van der Waals surface area contributed by atoms with Gasteiger partial charge in [-0.3, -0.25) is 4.79 Å². The lowest BCUT2D eigenvalue weighted by Crippen LogP contribution is -2.06. The molecule has 0 spiro atoms. The summed E-state index contributed by atoms with van der Waals surface area (Å²) in [6.07, 6.45) is 1.97. The highest BCUT2D eigenvalue weighted by molar-refractivity contribution is 7.08. The number of benzene rings is 1. The molecular weight excluding hydrogens is 263 g/mol. The summed E-state index contributed by atoms with van der Waals surface area (Å²) in [7, 11) is 0. The van der Waals surface area contributed by atoms with Crippen molar-refractivity contribution < 1.29 is 9.18 Å². The molecule has 0 amide bonds. The molecule has 19 heavy (non-hydrogen) atoms. The molecule has 2 aromatic rings. The molecule has 2 rings (SSSR count). The first-order valence-electron chi connectivity index (χ1n) is 6.21. The SMILES string of the molecule is CCCc1nnsc1C(=O)Cc1ccc(F)cc1C. The third-order valence-corrected chi connectivity index (χ3v) is 3.76. The summed E-state index contributed by atoms with van der Waals surface area (Å²) in [6.45, 7) is 3.85. The zero-order valence-corrected chi connectivity index (χ0v) is 11.8. The van der Waals surface area contributed by atoms with Gasteiger partial charge in [-0.05, 0) is 48.1 Å². The third kappa shape index (κ3) is 3.23. The van der Waals surface area contributed by atoms with Crippen molar-refractivity contribution in [1.29, 1.82) is 0 Å². The molecule has 1 aromatic carbocycles. The maximum absolute atomic E-state index is 13.0. The lowest BCUT2D eigenvalue weighted by Gasteiger charge is -2.04. The first-order chi connectivity index (χ1) is 9.11. The van der Waals surface area contributed by atoms with E-state index in [2.05, 4.69) is 9.59 Å². The molecule has 0 aliphatic rings. The van der Waals surface area contributed by atoms with Crippen molar-refractivity contribution in [3.05, 3.63) is 45.7 Å². The van der Waals surface area contributed by atoms with Gasteiger partial charge in [-0.1, -0.05) is 23.9 Å². The largest absolute Gasteiger partial charge is 0.293 e. The molecule has 0 unspecified atom stereocenters. The van der Waals surface area contributed by atoms with Crippen LogP contribution in [0, 0.1) is 12.7 Å². The van der Waals surface area contributed by atoms with Gasteiger partial charge in [0.25, 0.3) is 0 Å². The van der Waals surface area contributed by atoms with Crippen molar-refractivity contribution in [3.8, 4) is 0 Å². The fraction of sp³-hybridized carbons (Fsp3) is 0.357. The van der Waals surface area contributed by atoms with E-state index in [4.69, 9.17) is 0 Å². The highest BCUT2D eigenvalue weighted by Crippen LogP contribution is 2.18. The van der Waals surface area contributed by atoms with Gasteiger partial charge in [0.05, 0.1) is 5.69 Å². The zero-order valence-electron chi connectivity index (χ0n) is 10.9. The molecule has 0 atom stereocenters. The lowest BCUT2D eigenvalue weighted by molar-refractivity contribution is 0.0995. The molecule has 3 nitrogen and oxygen atoms in total. The van der Waals surface area contributed by atoms with Crippen LogP contribution in [-0.4, -0.2) is 15.4 Å². The molecule has 0 saturated carbocycles. The van der Waals surface area contributed by atoms with Crippen molar-refractivity contribution in [3.63, 3.8) is 0 Å². The fourth-order valence-corrected chi connectivity index (χ4v) is 2.57. The quantitative estimate of drug-likeness (QED) is 0.788. The van der Waals surface area contributed by atoms with Crippen LogP contribution in [0.15, 0.2) is 18.2 Å². The van der Waals surface area contributed by atoms with Gasteiger partial charge in [-0.25, -0.2) is 4.39 Å². The van der Waals surface area contributed by atoms with Crippen LogP contribution < -0.4 is 0 Å². The van der Waals surface area contributed by atoms with Crippen molar-refractivity contribution in [1.82, 2.24) is 9.59 Å². The maximum Gasteiger partial charge on any atom is 0.180 e. The second-order valence-corrected chi connectivity index (χ2v) is 5.22. The van der Waals surface area contributed by atoms with Crippen LogP contribution >= 0.6 is 11.5 Å². The molecule has 1 heterocycles. The number of hydrogen-bond acceptors (Lipinski definition) is 4.